The van der Waals surface area contributed by atoms with Crippen LogP contribution in [0.5, 0.6) is 11.6 Å². The summed E-state index contributed by atoms with van der Waals surface area (Å²) in [5, 5.41) is 38.2. The molecule has 2 fully saturated rings. The predicted octanol–water partition coefficient (Wildman–Crippen LogP) is 3.37. The minimum absolute atomic E-state index is 0.119. The van der Waals surface area contributed by atoms with Gasteiger partial charge in [-0.1, -0.05) is 6.07 Å². The van der Waals surface area contributed by atoms with Crippen molar-refractivity contribution in [1.82, 2.24) is 44.9 Å². The lowest BCUT2D eigenvalue weighted by Gasteiger charge is -2.42. The number of nitrogens with zero attached hydrogens (tertiary/aromatic N) is 10. The van der Waals surface area contributed by atoms with E-state index in [0.717, 1.165) is 49.9 Å². The van der Waals surface area contributed by atoms with E-state index in [0.29, 0.717) is 41.4 Å². The van der Waals surface area contributed by atoms with Crippen molar-refractivity contribution in [3.8, 4) is 28.8 Å². The van der Waals surface area contributed by atoms with Crippen molar-refractivity contribution in [2.45, 2.75) is 83.4 Å². The molecule has 1 aromatic carbocycles. The number of tetrazole rings is 1. The number of nitriles is 1. The van der Waals surface area contributed by atoms with Gasteiger partial charge in [-0.3, -0.25) is 9.58 Å². The third-order valence-corrected chi connectivity index (χ3v) is 8.53. The second kappa shape index (κ2) is 14.8. The van der Waals surface area contributed by atoms with Gasteiger partial charge in [-0.05, 0) is 74.6 Å². The number of aliphatic hydroxyl groups excluding tert-OH is 1. The molecule has 1 saturated heterocycles. The molecule has 3 aromatic heterocycles. The number of hydrogen-bond donors (Lipinski definition) is 2. The van der Waals surface area contributed by atoms with Crippen molar-refractivity contribution in [1.29, 1.82) is 5.26 Å². The van der Waals surface area contributed by atoms with Gasteiger partial charge < -0.3 is 24.6 Å². The molecule has 15 nitrogen and oxygen atoms in total. The Balaban J connectivity index is 1.12. The highest BCUT2D eigenvalue weighted by atomic mass is 16.5. The number of morpholine rings is 1. The standard InChI is InChI=1S/C32H41N11O4/c1-21-16-41(17-22(2)46-21)27-6-8-28(9-7-27)43-19-29(31(38-43)45-11-10-44)37-32-34-14-26(15-35-32)24-4-5-25(13-33)30(12-24)47-23(3)18-42-20-36-39-40-42/h4-5,12,14-15,19-23,27-28,44H,6-11,16-18H2,1-3H3,(H,34,35,37)/t21-,22+,23-,27?,28?/m0/s1. The second-order valence-corrected chi connectivity index (χ2v) is 12.3. The minimum atomic E-state index is -0.278. The lowest BCUT2D eigenvalue weighted by molar-refractivity contribution is -0.0852. The van der Waals surface area contributed by atoms with E-state index in [1.54, 1.807) is 29.2 Å². The van der Waals surface area contributed by atoms with Crippen LogP contribution in [0.15, 0.2) is 43.1 Å². The molecule has 15 heteroatoms. The average molecular weight is 644 g/mol. The van der Waals surface area contributed by atoms with E-state index >= 15 is 0 Å². The number of benzene rings is 1. The Labute approximate surface area is 273 Å². The zero-order valence-electron chi connectivity index (χ0n) is 26.9. The fourth-order valence-electron chi connectivity index (χ4n) is 6.44. The van der Waals surface area contributed by atoms with E-state index in [-0.39, 0.29) is 37.6 Å². The van der Waals surface area contributed by atoms with Crippen molar-refractivity contribution < 1.29 is 19.3 Å². The van der Waals surface area contributed by atoms with E-state index in [1.165, 1.54) is 6.33 Å². The molecule has 0 bridgehead atoms. The normalized spacial score (nSPS) is 22.4. The van der Waals surface area contributed by atoms with Gasteiger partial charge in [0, 0.05) is 37.1 Å². The monoisotopic (exact) mass is 643 g/mol. The van der Waals surface area contributed by atoms with Gasteiger partial charge in [0.1, 0.15) is 36.5 Å². The van der Waals surface area contributed by atoms with Gasteiger partial charge in [-0.2, -0.15) is 5.26 Å². The van der Waals surface area contributed by atoms with E-state index in [1.807, 2.05) is 23.9 Å². The lowest BCUT2D eigenvalue weighted by atomic mass is 9.89. The fraction of sp³-hybridized carbons (Fsp3) is 0.531. The number of nitrogens with one attached hydrogen (secondary N) is 1. The molecule has 0 unspecified atom stereocenters. The fourth-order valence-corrected chi connectivity index (χ4v) is 6.44. The highest BCUT2D eigenvalue weighted by Crippen LogP contribution is 2.35. The van der Waals surface area contributed by atoms with E-state index in [4.69, 9.17) is 19.3 Å². The molecule has 0 amide bonds. The summed E-state index contributed by atoms with van der Waals surface area (Å²) in [6.07, 6.45) is 11.3. The van der Waals surface area contributed by atoms with Gasteiger partial charge in [-0.25, -0.2) is 14.6 Å². The topological polar surface area (TPSA) is 174 Å². The molecule has 248 valence electrons. The van der Waals surface area contributed by atoms with Gasteiger partial charge >= 0.3 is 0 Å². The van der Waals surface area contributed by atoms with Crippen LogP contribution in [0.3, 0.4) is 0 Å². The summed E-state index contributed by atoms with van der Waals surface area (Å²) in [6.45, 7) is 8.59. The molecule has 6 rings (SSSR count). The van der Waals surface area contributed by atoms with Crippen LogP contribution in [0.4, 0.5) is 11.6 Å². The first-order chi connectivity index (χ1) is 22.9. The Morgan fingerprint density at radius 1 is 1.09 bits per heavy atom. The van der Waals surface area contributed by atoms with Crippen molar-refractivity contribution in [3.05, 3.63) is 48.7 Å². The largest absolute Gasteiger partial charge is 0.487 e. The average Bonchev–Trinajstić information content (AvgIpc) is 3.73. The molecule has 4 heterocycles. The summed E-state index contributed by atoms with van der Waals surface area (Å²) < 4.78 is 21.3. The number of ether oxygens (including phenoxy) is 3. The molecule has 1 saturated carbocycles. The first-order valence-electron chi connectivity index (χ1n) is 16.1. The maximum absolute atomic E-state index is 9.63. The maximum Gasteiger partial charge on any atom is 0.257 e. The molecule has 4 aromatic rings. The number of aromatic nitrogens is 8. The van der Waals surface area contributed by atoms with Gasteiger partial charge in [-0.15, -0.1) is 10.2 Å². The Kier molecular flexibility index (Phi) is 10.2. The number of hydrogen-bond acceptors (Lipinski definition) is 13. The SMILES string of the molecule is C[C@@H]1CN(C2CCC(n3cc(Nc4ncc(-c5ccc(C#N)c(O[C@@H](C)Cn6cnnn6)c5)cn4)c(OCCO)n3)CC2)C[C@H](C)O1. The Bertz CT molecular complexity index is 1620. The van der Waals surface area contributed by atoms with Gasteiger partial charge in [0.25, 0.3) is 5.88 Å². The van der Waals surface area contributed by atoms with Crippen LogP contribution in [-0.4, -0.2) is 101 Å². The molecule has 0 radical (unpaired) electrons. The number of aliphatic hydroxyl groups is 1. The summed E-state index contributed by atoms with van der Waals surface area (Å²) >= 11 is 0. The minimum Gasteiger partial charge on any atom is -0.487 e. The van der Waals surface area contributed by atoms with Crippen molar-refractivity contribution in [2.24, 2.45) is 0 Å². The van der Waals surface area contributed by atoms with Crippen LogP contribution in [-0.2, 0) is 11.3 Å². The smallest absolute Gasteiger partial charge is 0.257 e. The van der Waals surface area contributed by atoms with Crippen LogP contribution < -0.4 is 14.8 Å². The lowest BCUT2D eigenvalue weighted by Crippen LogP contribution is -2.51. The second-order valence-electron chi connectivity index (χ2n) is 12.3. The highest BCUT2D eigenvalue weighted by Gasteiger charge is 2.32. The molecule has 1 aliphatic carbocycles. The molecular formula is C32H41N11O4. The Hall–Kier alpha value is -4.65. The highest BCUT2D eigenvalue weighted by molar-refractivity contribution is 5.67. The third kappa shape index (κ3) is 8.02. The van der Waals surface area contributed by atoms with E-state index in [9.17, 15) is 10.4 Å². The summed E-state index contributed by atoms with van der Waals surface area (Å²) in [5.41, 5.74) is 2.61. The molecule has 2 N–H and O–H groups in total. The quantitative estimate of drug-likeness (QED) is 0.230. The number of rotatable bonds is 12. The maximum atomic E-state index is 9.63. The van der Waals surface area contributed by atoms with Crippen LogP contribution in [0.2, 0.25) is 0 Å². The van der Waals surface area contributed by atoms with Crippen LogP contribution in [0.25, 0.3) is 11.1 Å². The summed E-state index contributed by atoms with van der Waals surface area (Å²) in [6, 6.07) is 8.36. The molecule has 0 spiro atoms. The first-order valence-corrected chi connectivity index (χ1v) is 16.1. The van der Waals surface area contributed by atoms with Gasteiger partial charge in [0.15, 0.2) is 0 Å². The van der Waals surface area contributed by atoms with Gasteiger partial charge in [0.2, 0.25) is 5.95 Å². The Morgan fingerprint density at radius 3 is 2.51 bits per heavy atom. The Morgan fingerprint density at radius 2 is 1.83 bits per heavy atom. The molecule has 47 heavy (non-hydrogen) atoms. The van der Waals surface area contributed by atoms with Crippen LogP contribution in [0.1, 0.15) is 58.1 Å². The molecule has 3 atom stereocenters. The summed E-state index contributed by atoms with van der Waals surface area (Å²) in [5.74, 6) is 1.23. The number of anilines is 2. The molecular weight excluding hydrogens is 602 g/mol. The van der Waals surface area contributed by atoms with Crippen molar-refractivity contribution in [2.75, 3.05) is 31.6 Å². The predicted molar refractivity (Wildman–Crippen MR) is 171 cm³/mol. The molecule has 2 aliphatic rings. The van der Waals surface area contributed by atoms with E-state index in [2.05, 4.69) is 55.6 Å². The summed E-state index contributed by atoms with van der Waals surface area (Å²) in [4.78, 5) is 11.7. The summed E-state index contributed by atoms with van der Waals surface area (Å²) in [7, 11) is 0. The van der Waals surface area contributed by atoms with Crippen LogP contribution >= 0.6 is 0 Å². The van der Waals surface area contributed by atoms with Crippen LogP contribution in [0, 0.1) is 11.3 Å². The van der Waals surface area contributed by atoms with Crippen molar-refractivity contribution >= 4 is 11.6 Å². The van der Waals surface area contributed by atoms with E-state index < -0.39 is 0 Å². The van der Waals surface area contributed by atoms with Crippen molar-refractivity contribution in [3.63, 3.8) is 0 Å². The zero-order chi connectivity index (χ0) is 32.8. The molecule has 1 aliphatic heterocycles. The third-order valence-electron chi connectivity index (χ3n) is 8.53. The van der Waals surface area contributed by atoms with Gasteiger partial charge in [0.05, 0.1) is 43.2 Å². The first kappa shape index (κ1) is 32.3. The zero-order valence-corrected chi connectivity index (χ0v) is 26.9.